The molecule has 0 aliphatic heterocycles. The minimum absolute atomic E-state index is 0.407. The molecular weight excluding hydrogens is 250 g/mol. The lowest BCUT2D eigenvalue weighted by atomic mass is 10.2. The third-order valence-corrected chi connectivity index (χ3v) is 2.92. The number of aryl methyl sites for hydroxylation is 1. The molecule has 0 radical (unpaired) electrons. The van der Waals surface area contributed by atoms with Gasteiger partial charge in [0.2, 0.25) is 0 Å². The van der Waals surface area contributed by atoms with Gasteiger partial charge in [-0.25, -0.2) is 4.99 Å². The molecule has 104 valence electrons. The third kappa shape index (κ3) is 4.02. The normalized spacial score (nSPS) is 11.2. The maximum absolute atomic E-state index is 5.86. The van der Waals surface area contributed by atoms with Crippen molar-refractivity contribution in [2.45, 2.75) is 13.5 Å². The Labute approximate surface area is 119 Å². The van der Waals surface area contributed by atoms with Crippen molar-refractivity contribution in [2.75, 3.05) is 12.4 Å². The van der Waals surface area contributed by atoms with Gasteiger partial charge in [0.15, 0.2) is 5.96 Å². The van der Waals surface area contributed by atoms with E-state index in [1.807, 2.05) is 55.5 Å². The number of rotatable bonds is 4. The SMILES string of the molecule is COc1ccc(CN=C(N)Nc2ccc(C)cc2)cc1. The predicted octanol–water partition coefficient (Wildman–Crippen LogP) is 2.93. The number of hydrogen-bond donors (Lipinski definition) is 2. The predicted molar refractivity (Wildman–Crippen MR) is 83.1 cm³/mol. The highest BCUT2D eigenvalue weighted by atomic mass is 16.5. The Morgan fingerprint density at radius 3 is 2.35 bits per heavy atom. The summed E-state index contributed by atoms with van der Waals surface area (Å²) in [5.74, 6) is 1.24. The lowest BCUT2D eigenvalue weighted by Gasteiger charge is -2.06. The molecule has 0 saturated heterocycles. The Morgan fingerprint density at radius 1 is 1.10 bits per heavy atom. The molecule has 2 rings (SSSR count). The molecule has 20 heavy (non-hydrogen) atoms. The minimum atomic E-state index is 0.407. The molecule has 0 fully saturated rings. The van der Waals surface area contributed by atoms with Crippen molar-refractivity contribution in [1.82, 2.24) is 0 Å². The van der Waals surface area contributed by atoms with Crippen LogP contribution >= 0.6 is 0 Å². The highest BCUT2D eigenvalue weighted by molar-refractivity contribution is 5.92. The standard InChI is InChI=1S/C16H19N3O/c1-12-3-7-14(8-4-12)19-16(17)18-11-13-5-9-15(20-2)10-6-13/h3-10H,11H2,1-2H3,(H3,17,18,19). The first-order valence-electron chi connectivity index (χ1n) is 6.44. The first kappa shape index (κ1) is 13.9. The van der Waals surface area contributed by atoms with E-state index in [-0.39, 0.29) is 0 Å². The van der Waals surface area contributed by atoms with Crippen molar-refractivity contribution >= 4 is 11.6 Å². The molecule has 0 bridgehead atoms. The number of guanidine groups is 1. The Kier molecular flexibility index (Phi) is 4.60. The summed E-state index contributed by atoms with van der Waals surface area (Å²) >= 11 is 0. The van der Waals surface area contributed by atoms with E-state index < -0.39 is 0 Å². The van der Waals surface area contributed by atoms with Gasteiger partial charge < -0.3 is 15.8 Å². The average Bonchev–Trinajstić information content (AvgIpc) is 2.48. The number of ether oxygens (including phenoxy) is 1. The first-order chi connectivity index (χ1) is 9.67. The Balaban J connectivity index is 1.94. The number of nitrogens with one attached hydrogen (secondary N) is 1. The van der Waals surface area contributed by atoms with Crippen LogP contribution in [0.2, 0.25) is 0 Å². The molecule has 0 spiro atoms. The third-order valence-electron chi connectivity index (χ3n) is 2.92. The second kappa shape index (κ2) is 6.61. The first-order valence-corrected chi connectivity index (χ1v) is 6.44. The monoisotopic (exact) mass is 269 g/mol. The van der Waals surface area contributed by atoms with Gasteiger partial charge in [0.25, 0.3) is 0 Å². The molecular formula is C16H19N3O. The fourth-order valence-corrected chi connectivity index (χ4v) is 1.73. The number of anilines is 1. The zero-order valence-electron chi connectivity index (χ0n) is 11.8. The van der Waals surface area contributed by atoms with Crippen molar-refractivity contribution in [3.63, 3.8) is 0 Å². The second-order valence-corrected chi connectivity index (χ2v) is 4.54. The van der Waals surface area contributed by atoms with Crippen LogP contribution in [0.1, 0.15) is 11.1 Å². The van der Waals surface area contributed by atoms with Crippen molar-refractivity contribution in [3.8, 4) is 5.75 Å². The van der Waals surface area contributed by atoms with Gasteiger partial charge >= 0.3 is 0 Å². The minimum Gasteiger partial charge on any atom is -0.497 e. The fraction of sp³-hybridized carbons (Fsp3) is 0.188. The fourth-order valence-electron chi connectivity index (χ4n) is 1.73. The number of nitrogens with two attached hydrogens (primary N) is 1. The van der Waals surface area contributed by atoms with Gasteiger partial charge in [-0.3, -0.25) is 0 Å². The maximum atomic E-state index is 5.86. The molecule has 0 aromatic heterocycles. The smallest absolute Gasteiger partial charge is 0.193 e. The molecule has 0 amide bonds. The molecule has 0 heterocycles. The van der Waals surface area contributed by atoms with E-state index in [1.54, 1.807) is 7.11 Å². The van der Waals surface area contributed by atoms with Crippen LogP contribution in [-0.2, 0) is 6.54 Å². The van der Waals surface area contributed by atoms with Gasteiger partial charge in [0, 0.05) is 5.69 Å². The van der Waals surface area contributed by atoms with E-state index in [2.05, 4.69) is 10.3 Å². The summed E-state index contributed by atoms with van der Waals surface area (Å²) in [5, 5.41) is 3.06. The van der Waals surface area contributed by atoms with Crippen molar-refractivity contribution in [1.29, 1.82) is 0 Å². The Morgan fingerprint density at radius 2 is 1.75 bits per heavy atom. The van der Waals surface area contributed by atoms with E-state index in [0.717, 1.165) is 17.0 Å². The molecule has 0 atom stereocenters. The molecule has 4 heteroatoms. The average molecular weight is 269 g/mol. The van der Waals surface area contributed by atoms with Crippen molar-refractivity contribution in [2.24, 2.45) is 10.7 Å². The molecule has 0 aliphatic carbocycles. The second-order valence-electron chi connectivity index (χ2n) is 4.54. The topological polar surface area (TPSA) is 59.6 Å². The Hall–Kier alpha value is -2.49. The van der Waals surface area contributed by atoms with E-state index >= 15 is 0 Å². The van der Waals surface area contributed by atoms with Crippen LogP contribution in [-0.4, -0.2) is 13.1 Å². The van der Waals surface area contributed by atoms with Gasteiger partial charge in [-0.05, 0) is 36.8 Å². The zero-order chi connectivity index (χ0) is 14.4. The van der Waals surface area contributed by atoms with Crippen LogP contribution in [0, 0.1) is 6.92 Å². The summed E-state index contributed by atoms with van der Waals surface area (Å²) in [6.07, 6.45) is 0. The zero-order valence-corrected chi connectivity index (χ0v) is 11.8. The lowest BCUT2D eigenvalue weighted by Crippen LogP contribution is -2.22. The van der Waals surface area contributed by atoms with Gasteiger partial charge in [0.1, 0.15) is 5.75 Å². The van der Waals surface area contributed by atoms with Crippen LogP contribution in [0.4, 0.5) is 5.69 Å². The van der Waals surface area contributed by atoms with Crippen LogP contribution in [0.5, 0.6) is 5.75 Å². The molecule has 0 saturated carbocycles. The van der Waals surface area contributed by atoms with Gasteiger partial charge in [-0.15, -0.1) is 0 Å². The van der Waals surface area contributed by atoms with Gasteiger partial charge in [-0.1, -0.05) is 29.8 Å². The summed E-state index contributed by atoms with van der Waals surface area (Å²) in [6.45, 7) is 2.58. The summed E-state index contributed by atoms with van der Waals surface area (Å²) in [6, 6.07) is 15.8. The van der Waals surface area contributed by atoms with E-state index in [0.29, 0.717) is 12.5 Å². The molecule has 2 aromatic rings. The molecule has 4 nitrogen and oxygen atoms in total. The van der Waals surface area contributed by atoms with E-state index in [4.69, 9.17) is 10.5 Å². The summed E-state index contributed by atoms with van der Waals surface area (Å²) in [4.78, 5) is 4.31. The summed E-state index contributed by atoms with van der Waals surface area (Å²) in [5.41, 5.74) is 9.09. The van der Waals surface area contributed by atoms with Gasteiger partial charge in [-0.2, -0.15) is 0 Å². The van der Waals surface area contributed by atoms with Crippen molar-refractivity contribution in [3.05, 3.63) is 59.7 Å². The van der Waals surface area contributed by atoms with Gasteiger partial charge in [0.05, 0.1) is 13.7 Å². The molecule has 2 aromatic carbocycles. The number of methoxy groups -OCH3 is 1. The summed E-state index contributed by atoms with van der Waals surface area (Å²) in [7, 11) is 1.65. The highest BCUT2D eigenvalue weighted by Gasteiger charge is 1.96. The number of aliphatic imine (C=N–C) groups is 1. The molecule has 3 N–H and O–H groups in total. The lowest BCUT2D eigenvalue weighted by molar-refractivity contribution is 0.414. The quantitative estimate of drug-likeness (QED) is 0.662. The van der Waals surface area contributed by atoms with Crippen LogP contribution in [0.25, 0.3) is 0 Å². The van der Waals surface area contributed by atoms with Crippen LogP contribution < -0.4 is 15.8 Å². The highest BCUT2D eigenvalue weighted by Crippen LogP contribution is 2.12. The van der Waals surface area contributed by atoms with Crippen LogP contribution in [0.15, 0.2) is 53.5 Å². The van der Waals surface area contributed by atoms with Crippen molar-refractivity contribution < 1.29 is 4.74 Å². The number of benzene rings is 2. The largest absolute Gasteiger partial charge is 0.497 e. The molecule has 0 unspecified atom stereocenters. The summed E-state index contributed by atoms with van der Waals surface area (Å²) < 4.78 is 5.11. The Bertz CT molecular complexity index is 574. The molecule has 0 aliphatic rings. The maximum Gasteiger partial charge on any atom is 0.193 e. The number of nitrogens with zero attached hydrogens (tertiary/aromatic N) is 1. The van der Waals surface area contributed by atoms with E-state index in [9.17, 15) is 0 Å². The van der Waals surface area contributed by atoms with Crippen LogP contribution in [0.3, 0.4) is 0 Å². The van der Waals surface area contributed by atoms with E-state index in [1.165, 1.54) is 5.56 Å². The number of hydrogen-bond acceptors (Lipinski definition) is 2.